The van der Waals surface area contributed by atoms with Gasteiger partial charge in [0.2, 0.25) is 12.1 Å². The Morgan fingerprint density at radius 3 is 2.34 bits per heavy atom. The van der Waals surface area contributed by atoms with Crippen LogP contribution < -0.4 is 51.0 Å². The zero-order valence-electron chi connectivity index (χ0n) is 37.6. The smallest absolute Gasteiger partial charge is 0.543 e. The first-order chi connectivity index (χ1) is 33.2. The number of hydrogen-bond acceptors (Lipinski definition) is 21. The van der Waals surface area contributed by atoms with Gasteiger partial charge in [0, 0.05) is 36.5 Å². The quantitative estimate of drug-likeness (QED) is 0.0246. The third kappa shape index (κ3) is 12.5. The van der Waals surface area contributed by atoms with Crippen LogP contribution in [0, 0.1) is 10.1 Å². The molecule has 0 spiro atoms. The van der Waals surface area contributed by atoms with Crippen molar-refractivity contribution in [3.63, 3.8) is 0 Å². The summed E-state index contributed by atoms with van der Waals surface area (Å²) in [6.45, 7) is 0.757. The molecular weight excluding hydrogens is 988 g/mol. The van der Waals surface area contributed by atoms with E-state index in [0.29, 0.717) is 42.9 Å². The number of hydrogen-bond donors (Lipinski definition) is 4. The normalized spacial score (nSPS) is 23.0. The summed E-state index contributed by atoms with van der Waals surface area (Å²) in [6, 6.07) is 12.3. The number of esters is 1. The molecular formula is C43H45N8NaO15S3. The van der Waals surface area contributed by atoms with Gasteiger partial charge in [-0.25, -0.2) is 9.78 Å². The predicted octanol–water partition coefficient (Wildman–Crippen LogP) is -3.00. The number of amides is 4. The van der Waals surface area contributed by atoms with Crippen molar-refractivity contribution in [2.24, 2.45) is 5.16 Å². The van der Waals surface area contributed by atoms with Crippen molar-refractivity contribution in [2.45, 2.75) is 80.0 Å². The van der Waals surface area contributed by atoms with Crippen LogP contribution in [0.1, 0.15) is 42.5 Å². The Kier molecular flexibility index (Phi) is 18.9. The van der Waals surface area contributed by atoms with Crippen LogP contribution in [0.15, 0.2) is 76.4 Å². The molecule has 8 rings (SSSR count). The summed E-state index contributed by atoms with van der Waals surface area (Å²) in [7, 11) is 1.28. The number of nitrogen functional groups attached to an aromatic ring is 1. The fraction of sp³-hybridized carbons (Fsp3) is 0.419. The summed E-state index contributed by atoms with van der Waals surface area (Å²) in [5.41, 5.74) is 7.14. The zero-order chi connectivity index (χ0) is 49.4. The molecule has 0 aliphatic carbocycles. The number of nitro benzene ring substituents is 1. The Morgan fingerprint density at radius 2 is 1.73 bits per heavy atom. The van der Waals surface area contributed by atoms with E-state index in [1.165, 1.54) is 48.0 Å². The van der Waals surface area contributed by atoms with Gasteiger partial charge in [0.15, 0.2) is 16.6 Å². The number of likely N-dealkylation sites (tertiary alicyclic amines) is 1. The molecule has 23 nitrogen and oxygen atoms in total. The third-order valence-electron chi connectivity index (χ3n) is 11.2. The van der Waals surface area contributed by atoms with Crippen LogP contribution in [0.3, 0.4) is 0 Å². The second kappa shape index (κ2) is 24.6. The average molecular weight is 1030 g/mol. The first-order valence-electron chi connectivity index (χ1n) is 21.3. The maximum Gasteiger partial charge on any atom is 1.00 e. The summed E-state index contributed by atoms with van der Waals surface area (Å²) in [5.74, 6) is -4.74. The van der Waals surface area contributed by atoms with Gasteiger partial charge in [-0.3, -0.25) is 43.9 Å². The van der Waals surface area contributed by atoms with E-state index in [1.54, 1.807) is 29.6 Å². The number of β-lactam (4-membered cyclic amide) rings is 2. The van der Waals surface area contributed by atoms with E-state index in [0.717, 1.165) is 46.4 Å². The summed E-state index contributed by atoms with van der Waals surface area (Å²) in [6.07, 6.45) is 0.0802. The molecule has 7 atom stereocenters. The van der Waals surface area contributed by atoms with Crippen molar-refractivity contribution in [3.8, 4) is 0 Å². The molecule has 5 N–H and O–H groups in total. The molecule has 4 amide bonds. The van der Waals surface area contributed by atoms with E-state index in [2.05, 4.69) is 20.8 Å². The van der Waals surface area contributed by atoms with E-state index < -0.39 is 75.7 Å². The van der Waals surface area contributed by atoms with Crippen LogP contribution in [0.2, 0.25) is 0 Å². The Hall–Kier alpha value is -5.45. The van der Waals surface area contributed by atoms with Crippen LogP contribution in [-0.4, -0.2) is 145 Å². The molecule has 1 unspecified atom stereocenters. The number of nitrogens with two attached hydrogens (primary N) is 1. The largest absolute Gasteiger partial charge is 1.00 e. The molecule has 70 heavy (non-hydrogen) atoms. The van der Waals surface area contributed by atoms with E-state index in [9.17, 15) is 53.9 Å². The molecule has 5 aliphatic heterocycles. The number of anilines is 1. The van der Waals surface area contributed by atoms with E-state index in [1.807, 2.05) is 6.07 Å². The van der Waals surface area contributed by atoms with Gasteiger partial charge in [0.05, 0.1) is 34.9 Å². The molecule has 5 aliphatic rings. The van der Waals surface area contributed by atoms with E-state index in [4.69, 9.17) is 24.8 Å². The minimum atomic E-state index is -1.98. The second-order valence-corrected chi connectivity index (χ2v) is 18.8. The minimum Gasteiger partial charge on any atom is -0.543 e. The van der Waals surface area contributed by atoms with Crippen molar-refractivity contribution >= 4 is 92.7 Å². The molecule has 27 heteroatoms. The second-order valence-electron chi connectivity index (χ2n) is 15.7. The fourth-order valence-electron chi connectivity index (χ4n) is 7.84. The van der Waals surface area contributed by atoms with Gasteiger partial charge in [-0.2, -0.15) is 0 Å². The zero-order valence-corrected chi connectivity index (χ0v) is 42.0. The number of fused-ring (bicyclic) bond motifs is 1. The van der Waals surface area contributed by atoms with Crippen molar-refractivity contribution in [1.82, 2.24) is 25.4 Å². The van der Waals surface area contributed by atoms with Gasteiger partial charge in [-0.05, 0) is 54.5 Å². The predicted molar refractivity (Wildman–Crippen MR) is 244 cm³/mol. The van der Waals surface area contributed by atoms with Crippen LogP contribution in [-0.2, 0) is 65.6 Å². The number of ether oxygens (including phenoxy) is 3. The van der Waals surface area contributed by atoms with Crippen LogP contribution in [0.25, 0.3) is 0 Å². The number of carboxylic acid groups (broad SMARTS) is 1. The third-order valence-corrected chi connectivity index (χ3v) is 14.5. The van der Waals surface area contributed by atoms with Crippen molar-refractivity contribution < 1.29 is 97.3 Å². The molecule has 0 saturated carbocycles. The van der Waals surface area contributed by atoms with Crippen molar-refractivity contribution in [1.29, 1.82) is 0 Å². The van der Waals surface area contributed by atoms with Gasteiger partial charge in [0.25, 0.3) is 23.4 Å². The number of aliphatic hydroxyl groups is 1. The number of non-ortho nitro benzene ring substituents is 1. The monoisotopic (exact) mass is 1030 g/mol. The van der Waals surface area contributed by atoms with Gasteiger partial charge in [-0.1, -0.05) is 35.5 Å². The van der Waals surface area contributed by atoms with Crippen LogP contribution >= 0.6 is 34.9 Å². The number of thioether (sulfide) groups is 2. The number of nitrogens with zero attached hydrogens (tertiary/aromatic N) is 5. The summed E-state index contributed by atoms with van der Waals surface area (Å²) in [5, 5.41) is 42.5. The van der Waals surface area contributed by atoms with Crippen LogP contribution in [0.4, 0.5) is 10.8 Å². The fourth-order valence-corrected chi connectivity index (χ4v) is 11.1. The number of aromatic nitrogens is 1. The van der Waals surface area contributed by atoms with E-state index in [-0.39, 0.29) is 88.1 Å². The first kappa shape index (κ1) is 53.9. The number of benzene rings is 2. The first-order valence-corrected chi connectivity index (χ1v) is 24.3. The number of ketones is 1. The number of Topliss-reactive ketones (excluding diaryl/α,β-unsaturated/α-hetero) is 1. The Morgan fingerprint density at radius 1 is 1.01 bits per heavy atom. The van der Waals surface area contributed by atoms with Crippen molar-refractivity contribution in [3.05, 3.63) is 98.2 Å². The number of carboxylic acids is 1. The molecule has 4 fully saturated rings. The number of aliphatic carboxylic acids is 1. The summed E-state index contributed by atoms with van der Waals surface area (Å²) >= 11 is 3.51. The number of carbonyl (C=O) groups excluding carboxylic acids is 7. The molecule has 0 radical (unpaired) electrons. The van der Waals surface area contributed by atoms with Crippen LogP contribution in [0.5, 0.6) is 0 Å². The number of aliphatic hydroxyl groups excluding tert-OH is 1. The molecule has 3 aromatic rings. The molecule has 2 aromatic carbocycles. The summed E-state index contributed by atoms with van der Waals surface area (Å²) in [4.78, 5) is 109. The average Bonchev–Trinajstić information content (AvgIpc) is 4.17. The molecule has 0 bridgehead atoms. The number of oxime groups is 1. The Bertz CT molecular complexity index is 2520. The Labute approximate surface area is 433 Å². The number of nitro groups is 1. The Balaban J connectivity index is 0.000000234. The van der Waals surface area contributed by atoms with Gasteiger partial charge in [-0.15, -0.1) is 34.9 Å². The maximum atomic E-state index is 12.9. The molecule has 6 heterocycles. The number of rotatable bonds is 18. The molecule has 1 aromatic heterocycles. The standard InChI is InChI=1S/C26H27N3O9S.C17H19N5O6S2.Na/c30-19(20-7-4-12-37-20)15-39-25-22(27-21(31)13-16-5-2-1-3-6-16)23(32)28(25)24(33)26(34)38-14-17-8-10-18(11-9-17)29(35)36;1-27-21-10(8-6-30-17(18)19-8)13(23)20-11-14(24)22-12(16(25)26)7(5-29-15(11)22)9-3-2-4-28-9;/h1-3,5-6,8-11,20,22,24-25,33H,4,7,12-15H2,(H,27,31);6,9,11,15H,2-5H2,1H3,(H2,18,19)(H,20,23)(H,25,26);/q;;+1/p-1/b;21-10-;/t20-,22+,24?,25+;9-,11+,15+;/m00./s1. The molecule has 366 valence electrons. The van der Waals surface area contributed by atoms with E-state index >= 15 is 0 Å². The topological polar surface area (TPSA) is 325 Å². The maximum absolute atomic E-state index is 12.9. The number of carbonyl (C=O) groups is 7. The van der Waals surface area contributed by atoms with Gasteiger partial charge >= 0.3 is 35.5 Å². The van der Waals surface area contributed by atoms with Gasteiger partial charge < -0.3 is 50.4 Å². The number of thiazole rings is 1. The van der Waals surface area contributed by atoms with Crippen molar-refractivity contribution in [2.75, 3.05) is 37.6 Å². The SMILES string of the molecule is CO/N=C(\C(=O)N[C@@H]1C(=O)N2C(C(=O)[O-])=C([C@@H]3CCCO3)CS[C@H]12)c1csc(N)n1.O=C(Cc1ccccc1)N[C@@H]1C(=O)N(C(O)C(=O)OCc2ccc([N+](=O)[O-])cc2)[C@@H]1SCC(=O)[C@@H]1CCCO1.[Na+]. The molecule has 4 saturated heterocycles. The summed E-state index contributed by atoms with van der Waals surface area (Å²) < 4.78 is 16.1. The number of nitrogens with one attached hydrogen (secondary N) is 2. The van der Waals surface area contributed by atoms with Gasteiger partial charge in [0.1, 0.15) is 48.3 Å². The minimum absolute atomic E-state index is 0.